The average molecular weight is 226 g/mol. The Bertz CT molecular complexity index is 362. The molecule has 4 heteroatoms. The molecule has 1 atom stereocenters. The number of benzene rings is 1. The summed E-state index contributed by atoms with van der Waals surface area (Å²) in [4.78, 5) is 10.7. The van der Waals surface area contributed by atoms with E-state index in [0.717, 1.165) is 24.9 Å². The zero-order valence-corrected chi connectivity index (χ0v) is 8.96. The van der Waals surface area contributed by atoms with E-state index in [4.69, 9.17) is 16.3 Å². The van der Waals surface area contributed by atoms with Gasteiger partial charge in [0.15, 0.2) is 0 Å². The van der Waals surface area contributed by atoms with Crippen molar-refractivity contribution in [2.45, 2.75) is 6.10 Å². The quantitative estimate of drug-likeness (QED) is 0.781. The Labute approximate surface area is 93.4 Å². The third-order valence-electron chi connectivity index (χ3n) is 2.38. The second kappa shape index (κ2) is 4.75. The van der Waals surface area contributed by atoms with Crippen LogP contribution in [0.3, 0.4) is 0 Å². The van der Waals surface area contributed by atoms with Crippen LogP contribution in [0.25, 0.3) is 0 Å². The molecule has 1 unspecified atom stereocenters. The first kappa shape index (κ1) is 10.6. The summed E-state index contributed by atoms with van der Waals surface area (Å²) in [5.41, 5.74) is 1.54. The number of rotatable bonds is 2. The first-order valence-electron chi connectivity index (χ1n) is 4.87. The number of hydrogen-bond donors (Lipinski definition) is 1. The standard InChI is InChI=1S/C11H12ClNO2/c12-10-4-8(7-14)3-9(5-10)11-6-13-1-2-15-11/h3-5,7,11,13H,1-2,6H2. The highest BCUT2D eigenvalue weighted by molar-refractivity contribution is 6.30. The predicted molar refractivity (Wildman–Crippen MR) is 58.4 cm³/mol. The van der Waals surface area contributed by atoms with Crippen molar-refractivity contribution in [1.29, 1.82) is 0 Å². The minimum absolute atomic E-state index is 0.00356. The summed E-state index contributed by atoms with van der Waals surface area (Å²) in [6.45, 7) is 2.32. The van der Waals surface area contributed by atoms with Crippen molar-refractivity contribution in [3.8, 4) is 0 Å². The normalized spacial score (nSPS) is 21.3. The Morgan fingerprint density at radius 2 is 2.33 bits per heavy atom. The third-order valence-corrected chi connectivity index (χ3v) is 2.60. The van der Waals surface area contributed by atoms with Gasteiger partial charge in [0.05, 0.1) is 12.7 Å². The largest absolute Gasteiger partial charge is 0.371 e. The summed E-state index contributed by atoms with van der Waals surface area (Å²) in [7, 11) is 0. The van der Waals surface area contributed by atoms with Crippen LogP contribution in [-0.2, 0) is 4.74 Å². The molecule has 1 N–H and O–H groups in total. The molecule has 0 bridgehead atoms. The average Bonchev–Trinajstić information content (AvgIpc) is 2.29. The molecule has 15 heavy (non-hydrogen) atoms. The molecule has 0 radical (unpaired) electrons. The molecule has 2 rings (SSSR count). The molecule has 1 aromatic rings. The van der Waals surface area contributed by atoms with Crippen LogP contribution in [0.4, 0.5) is 0 Å². The monoisotopic (exact) mass is 225 g/mol. The van der Waals surface area contributed by atoms with Gasteiger partial charge in [0.2, 0.25) is 0 Å². The second-order valence-corrected chi connectivity index (χ2v) is 3.94. The highest BCUT2D eigenvalue weighted by Gasteiger charge is 2.16. The fraction of sp³-hybridized carbons (Fsp3) is 0.364. The van der Waals surface area contributed by atoms with Gasteiger partial charge in [-0.25, -0.2) is 0 Å². The summed E-state index contributed by atoms with van der Waals surface area (Å²) < 4.78 is 5.58. The minimum atomic E-state index is -0.00356. The van der Waals surface area contributed by atoms with Crippen molar-refractivity contribution in [3.63, 3.8) is 0 Å². The summed E-state index contributed by atoms with van der Waals surface area (Å²) in [5.74, 6) is 0. The van der Waals surface area contributed by atoms with E-state index in [2.05, 4.69) is 5.32 Å². The number of halogens is 1. The predicted octanol–water partition coefficient (Wildman–Crippen LogP) is 1.81. The summed E-state index contributed by atoms with van der Waals surface area (Å²) >= 11 is 5.91. The molecular weight excluding hydrogens is 214 g/mol. The Hall–Kier alpha value is -0.900. The van der Waals surface area contributed by atoms with E-state index in [0.29, 0.717) is 17.2 Å². The molecule has 80 valence electrons. The van der Waals surface area contributed by atoms with Crippen LogP contribution in [0.5, 0.6) is 0 Å². The van der Waals surface area contributed by atoms with E-state index in [1.54, 1.807) is 6.07 Å². The van der Waals surface area contributed by atoms with Crippen LogP contribution in [0.15, 0.2) is 18.2 Å². The molecular formula is C11H12ClNO2. The molecule has 0 aliphatic carbocycles. The van der Waals surface area contributed by atoms with Gasteiger partial charge in [-0.3, -0.25) is 4.79 Å². The van der Waals surface area contributed by atoms with E-state index < -0.39 is 0 Å². The van der Waals surface area contributed by atoms with E-state index >= 15 is 0 Å². The molecule has 1 saturated heterocycles. The number of carbonyl (C=O) groups is 1. The zero-order chi connectivity index (χ0) is 10.7. The maximum atomic E-state index is 10.7. The van der Waals surface area contributed by atoms with E-state index in [1.807, 2.05) is 12.1 Å². The van der Waals surface area contributed by atoms with Gasteiger partial charge in [0.25, 0.3) is 0 Å². The molecule has 1 aliphatic heterocycles. The lowest BCUT2D eigenvalue weighted by atomic mass is 10.1. The van der Waals surface area contributed by atoms with Crippen LogP contribution in [-0.4, -0.2) is 26.0 Å². The topological polar surface area (TPSA) is 38.3 Å². The molecule has 1 aromatic carbocycles. The third kappa shape index (κ3) is 2.56. The lowest BCUT2D eigenvalue weighted by molar-refractivity contribution is 0.0277. The van der Waals surface area contributed by atoms with Crippen molar-refractivity contribution in [2.75, 3.05) is 19.7 Å². The number of morpholine rings is 1. The van der Waals surface area contributed by atoms with E-state index in [-0.39, 0.29) is 6.10 Å². The van der Waals surface area contributed by atoms with Crippen molar-refractivity contribution in [2.24, 2.45) is 0 Å². The van der Waals surface area contributed by atoms with Crippen LogP contribution < -0.4 is 5.32 Å². The van der Waals surface area contributed by atoms with Gasteiger partial charge in [-0.2, -0.15) is 0 Å². The number of aldehydes is 1. The summed E-state index contributed by atoms with van der Waals surface area (Å²) in [6.07, 6.45) is 0.794. The van der Waals surface area contributed by atoms with Gasteiger partial charge in [-0.05, 0) is 23.8 Å². The van der Waals surface area contributed by atoms with Gasteiger partial charge in [0.1, 0.15) is 6.29 Å². The van der Waals surface area contributed by atoms with Crippen molar-refractivity contribution in [3.05, 3.63) is 34.3 Å². The van der Waals surface area contributed by atoms with Crippen LogP contribution in [0.1, 0.15) is 22.0 Å². The van der Waals surface area contributed by atoms with Crippen LogP contribution in [0.2, 0.25) is 5.02 Å². The fourth-order valence-electron chi connectivity index (χ4n) is 1.67. The molecule has 0 amide bonds. The van der Waals surface area contributed by atoms with Gasteiger partial charge >= 0.3 is 0 Å². The Kier molecular flexibility index (Phi) is 3.36. The summed E-state index contributed by atoms with van der Waals surface area (Å²) in [6, 6.07) is 5.30. The molecule has 1 fully saturated rings. The number of hydrogen-bond acceptors (Lipinski definition) is 3. The zero-order valence-electron chi connectivity index (χ0n) is 8.20. The lowest BCUT2D eigenvalue weighted by Gasteiger charge is -2.24. The van der Waals surface area contributed by atoms with Gasteiger partial charge < -0.3 is 10.1 Å². The maximum Gasteiger partial charge on any atom is 0.150 e. The Morgan fingerprint density at radius 1 is 1.47 bits per heavy atom. The minimum Gasteiger partial charge on any atom is -0.371 e. The maximum absolute atomic E-state index is 10.7. The Balaban J connectivity index is 2.25. The van der Waals surface area contributed by atoms with Crippen molar-refractivity contribution < 1.29 is 9.53 Å². The highest BCUT2D eigenvalue weighted by Crippen LogP contribution is 2.23. The van der Waals surface area contributed by atoms with Gasteiger partial charge in [0, 0.05) is 23.7 Å². The Morgan fingerprint density at radius 3 is 3.00 bits per heavy atom. The van der Waals surface area contributed by atoms with E-state index in [9.17, 15) is 4.79 Å². The van der Waals surface area contributed by atoms with Crippen molar-refractivity contribution >= 4 is 17.9 Å². The molecule has 3 nitrogen and oxygen atoms in total. The number of ether oxygens (including phenoxy) is 1. The van der Waals surface area contributed by atoms with Crippen LogP contribution in [0, 0.1) is 0 Å². The van der Waals surface area contributed by atoms with Gasteiger partial charge in [-0.1, -0.05) is 11.6 Å². The lowest BCUT2D eigenvalue weighted by Crippen LogP contribution is -2.33. The first-order valence-corrected chi connectivity index (χ1v) is 5.25. The smallest absolute Gasteiger partial charge is 0.150 e. The molecule has 1 aliphatic rings. The molecule has 0 saturated carbocycles. The highest BCUT2D eigenvalue weighted by atomic mass is 35.5. The molecule has 1 heterocycles. The van der Waals surface area contributed by atoms with Crippen LogP contribution >= 0.6 is 11.6 Å². The van der Waals surface area contributed by atoms with Crippen molar-refractivity contribution in [1.82, 2.24) is 5.32 Å². The number of nitrogens with one attached hydrogen (secondary N) is 1. The van der Waals surface area contributed by atoms with Gasteiger partial charge in [-0.15, -0.1) is 0 Å². The molecule has 0 spiro atoms. The second-order valence-electron chi connectivity index (χ2n) is 3.50. The fourth-order valence-corrected chi connectivity index (χ4v) is 1.92. The summed E-state index contributed by atoms with van der Waals surface area (Å²) in [5, 5.41) is 3.81. The SMILES string of the molecule is O=Cc1cc(Cl)cc(C2CNCCO2)c1. The van der Waals surface area contributed by atoms with E-state index in [1.165, 1.54) is 0 Å². The number of carbonyl (C=O) groups excluding carboxylic acids is 1. The first-order chi connectivity index (χ1) is 7.29. The molecule has 0 aromatic heterocycles.